The number of benzene rings is 3. The molecule has 2 fully saturated rings. The maximum absolute atomic E-state index is 13.6. The Hall–Kier alpha value is -3.31. The summed E-state index contributed by atoms with van der Waals surface area (Å²) >= 11 is 0. The predicted octanol–water partition coefficient (Wildman–Crippen LogP) is 5.36. The van der Waals surface area contributed by atoms with Crippen molar-refractivity contribution < 1.29 is 9.53 Å². The first kappa shape index (κ1) is 23.4. The molecular formula is C30H35N3O2. The quantitative estimate of drug-likeness (QED) is 0.466. The average molecular weight is 470 g/mol. The number of hydrogen-bond acceptors (Lipinski definition) is 4. The summed E-state index contributed by atoms with van der Waals surface area (Å²) in [5.41, 5.74) is 7.00. The first-order valence-corrected chi connectivity index (χ1v) is 12.5. The van der Waals surface area contributed by atoms with Gasteiger partial charge in [0.2, 0.25) is 5.91 Å². The van der Waals surface area contributed by atoms with Crippen molar-refractivity contribution in [3.63, 3.8) is 0 Å². The summed E-state index contributed by atoms with van der Waals surface area (Å²) in [6, 6.07) is 25.0. The van der Waals surface area contributed by atoms with Crippen molar-refractivity contribution in [1.82, 2.24) is 4.90 Å². The third kappa shape index (κ3) is 5.20. The Bertz CT molecular complexity index is 1160. The molecule has 2 aliphatic heterocycles. The molecular weight excluding hydrogens is 434 g/mol. The van der Waals surface area contributed by atoms with Gasteiger partial charge in [0.05, 0.1) is 30.0 Å². The van der Waals surface area contributed by atoms with Crippen LogP contribution in [0.1, 0.15) is 35.2 Å². The lowest BCUT2D eigenvalue weighted by molar-refractivity contribution is -0.195. The fraction of sp³-hybridized carbons (Fsp3) is 0.367. The Morgan fingerprint density at radius 3 is 2.03 bits per heavy atom. The summed E-state index contributed by atoms with van der Waals surface area (Å²) < 4.78 is 5.40. The van der Waals surface area contributed by atoms with Gasteiger partial charge in [-0.05, 0) is 44.0 Å². The molecule has 0 bridgehead atoms. The molecule has 5 rings (SSSR count). The Balaban J connectivity index is 1.35. The van der Waals surface area contributed by atoms with Crippen LogP contribution in [0.4, 0.5) is 11.4 Å². The molecule has 3 aromatic carbocycles. The van der Waals surface area contributed by atoms with Crippen LogP contribution in [-0.4, -0.2) is 43.2 Å². The highest BCUT2D eigenvalue weighted by molar-refractivity contribution is 5.87. The van der Waals surface area contributed by atoms with Crippen molar-refractivity contribution >= 4 is 17.3 Å². The minimum absolute atomic E-state index is 0.138. The number of hydrogen-bond donors (Lipinski definition) is 2. The smallest absolute Gasteiger partial charge is 0.245 e. The SMILES string of the molecule is Cc1ccc(CC(Nc2ccccc2NC(C)c2ccc(C)cc2)C(=O)N2CC3(COC3)C2)cc1. The second-order valence-electron chi connectivity index (χ2n) is 10.4. The topological polar surface area (TPSA) is 53.6 Å². The Morgan fingerprint density at radius 1 is 0.886 bits per heavy atom. The number of likely N-dealkylation sites (tertiary alicyclic amines) is 1. The second kappa shape index (κ2) is 9.74. The summed E-state index contributed by atoms with van der Waals surface area (Å²) in [7, 11) is 0. The number of ether oxygens (including phenoxy) is 1. The van der Waals surface area contributed by atoms with E-state index in [1.165, 1.54) is 16.7 Å². The highest BCUT2D eigenvalue weighted by Crippen LogP contribution is 2.38. The van der Waals surface area contributed by atoms with Gasteiger partial charge in [0.25, 0.3) is 0 Å². The van der Waals surface area contributed by atoms with E-state index < -0.39 is 0 Å². The molecule has 182 valence electrons. The molecule has 2 unspecified atom stereocenters. The van der Waals surface area contributed by atoms with Crippen LogP contribution in [0.2, 0.25) is 0 Å². The molecule has 2 aliphatic rings. The van der Waals surface area contributed by atoms with Gasteiger partial charge in [0, 0.05) is 25.6 Å². The summed E-state index contributed by atoms with van der Waals surface area (Å²) in [4.78, 5) is 15.6. The van der Waals surface area contributed by atoms with Crippen LogP contribution >= 0.6 is 0 Å². The Labute approximate surface area is 208 Å². The van der Waals surface area contributed by atoms with Crippen molar-refractivity contribution in [3.05, 3.63) is 95.1 Å². The van der Waals surface area contributed by atoms with E-state index in [1.54, 1.807) is 0 Å². The number of nitrogens with zero attached hydrogens (tertiary/aromatic N) is 1. The highest BCUT2D eigenvalue weighted by Gasteiger charge is 2.51. The van der Waals surface area contributed by atoms with Gasteiger partial charge in [0.15, 0.2) is 0 Å². The first-order chi connectivity index (χ1) is 16.9. The van der Waals surface area contributed by atoms with Crippen molar-refractivity contribution in [3.8, 4) is 0 Å². The van der Waals surface area contributed by atoms with Gasteiger partial charge in [-0.25, -0.2) is 0 Å². The molecule has 3 aromatic rings. The lowest BCUT2D eigenvalue weighted by Gasteiger charge is -2.55. The molecule has 2 N–H and O–H groups in total. The van der Waals surface area contributed by atoms with Crippen molar-refractivity contribution in [2.24, 2.45) is 5.41 Å². The van der Waals surface area contributed by atoms with Crippen LogP contribution in [0.3, 0.4) is 0 Å². The molecule has 0 saturated carbocycles. The fourth-order valence-electron chi connectivity index (χ4n) is 4.97. The largest absolute Gasteiger partial charge is 0.380 e. The van der Waals surface area contributed by atoms with Crippen molar-refractivity contribution in [1.29, 1.82) is 0 Å². The van der Waals surface area contributed by atoms with Crippen molar-refractivity contribution in [2.45, 2.75) is 39.3 Å². The number of amides is 1. The second-order valence-corrected chi connectivity index (χ2v) is 10.4. The van der Waals surface area contributed by atoms with E-state index in [0.29, 0.717) is 6.42 Å². The Kier molecular flexibility index (Phi) is 6.52. The number of para-hydroxylation sites is 2. The molecule has 2 atom stereocenters. The van der Waals surface area contributed by atoms with Crippen LogP contribution in [0.5, 0.6) is 0 Å². The molecule has 5 nitrogen and oxygen atoms in total. The Morgan fingerprint density at radius 2 is 1.46 bits per heavy atom. The maximum Gasteiger partial charge on any atom is 0.245 e. The van der Waals surface area contributed by atoms with Gasteiger partial charge < -0.3 is 20.3 Å². The van der Waals surface area contributed by atoms with Crippen LogP contribution in [0.15, 0.2) is 72.8 Å². The molecule has 5 heteroatoms. The standard InChI is InChI=1S/C30H35N3O2/c1-21-8-12-24(13-9-21)16-28(29(34)33-17-30(18-33)19-35-20-30)32-27-7-5-4-6-26(27)31-23(3)25-14-10-22(2)11-15-25/h4-15,23,28,31-32H,16-20H2,1-3H3. The number of carbonyl (C=O) groups is 1. The van der Waals surface area contributed by atoms with E-state index in [1.807, 2.05) is 17.0 Å². The molecule has 0 radical (unpaired) electrons. The van der Waals surface area contributed by atoms with Gasteiger partial charge in [-0.3, -0.25) is 4.79 Å². The zero-order valence-electron chi connectivity index (χ0n) is 20.9. The molecule has 1 amide bonds. The summed E-state index contributed by atoms with van der Waals surface area (Å²) in [6.07, 6.45) is 0.640. The first-order valence-electron chi connectivity index (χ1n) is 12.5. The van der Waals surface area contributed by atoms with E-state index in [2.05, 4.69) is 92.1 Å². The molecule has 35 heavy (non-hydrogen) atoms. The van der Waals surface area contributed by atoms with E-state index in [9.17, 15) is 4.79 Å². The number of aryl methyl sites for hydroxylation is 2. The van der Waals surface area contributed by atoms with Crippen LogP contribution in [-0.2, 0) is 16.0 Å². The maximum atomic E-state index is 13.6. The molecule has 2 heterocycles. The predicted molar refractivity (Wildman–Crippen MR) is 142 cm³/mol. The number of anilines is 2. The van der Waals surface area contributed by atoms with Crippen LogP contribution in [0.25, 0.3) is 0 Å². The molecule has 0 aliphatic carbocycles. The molecule has 2 saturated heterocycles. The van der Waals surface area contributed by atoms with Gasteiger partial charge in [-0.15, -0.1) is 0 Å². The third-order valence-corrected chi connectivity index (χ3v) is 7.25. The van der Waals surface area contributed by atoms with E-state index >= 15 is 0 Å². The van der Waals surface area contributed by atoms with Crippen LogP contribution < -0.4 is 10.6 Å². The zero-order chi connectivity index (χ0) is 24.4. The van der Waals surface area contributed by atoms with Gasteiger partial charge in [0.1, 0.15) is 6.04 Å². The van der Waals surface area contributed by atoms with E-state index in [0.717, 1.165) is 43.2 Å². The monoisotopic (exact) mass is 469 g/mol. The van der Waals surface area contributed by atoms with Gasteiger partial charge >= 0.3 is 0 Å². The average Bonchev–Trinajstić information content (AvgIpc) is 2.79. The fourth-order valence-corrected chi connectivity index (χ4v) is 4.97. The molecule has 1 spiro atoms. The lowest BCUT2D eigenvalue weighted by atomic mass is 9.77. The van der Waals surface area contributed by atoms with E-state index in [4.69, 9.17) is 4.74 Å². The summed E-state index contributed by atoms with van der Waals surface area (Å²) in [5.74, 6) is 0.157. The molecule has 0 aromatic heterocycles. The number of nitrogens with one attached hydrogen (secondary N) is 2. The normalized spacial score (nSPS) is 17.7. The highest BCUT2D eigenvalue weighted by atomic mass is 16.5. The summed E-state index contributed by atoms with van der Waals surface area (Å²) in [5, 5.41) is 7.25. The zero-order valence-corrected chi connectivity index (χ0v) is 20.9. The summed E-state index contributed by atoms with van der Waals surface area (Å²) in [6.45, 7) is 9.49. The van der Waals surface area contributed by atoms with Gasteiger partial charge in [-0.1, -0.05) is 71.8 Å². The minimum atomic E-state index is -0.339. The number of rotatable bonds is 8. The number of carbonyl (C=O) groups excluding carboxylic acids is 1. The lowest BCUT2D eigenvalue weighted by Crippen LogP contribution is -2.68. The van der Waals surface area contributed by atoms with E-state index in [-0.39, 0.29) is 23.4 Å². The minimum Gasteiger partial charge on any atom is -0.380 e. The third-order valence-electron chi connectivity index (χ3n) is 7.25. The van der Waals surface area contributed by atoms with Crippen LogP contribution in [0, 0.1) is 19.3 Å². The van der Waals surface area contributed by atoms with Crippen molar-refractivity contribution in [2.75, 3.05) is 36.9 Å². The van der Waals surface area contributed by atoms with Gasteiger partial charge in [-0.2, -0.15) is 0 Å².